The fraction of sp³-hybridized carbons (Fsp3) is 0.818. The van der Waals surface area contributed by atoms with E-state index >= 15 is 0 Å². The van der Waals surface area contributed by atoms with Gasteiger partial charge in [-0.05, 0) is 12.8 Å². The van der Waals surface area contributed by atoms with Crippen molar-refractivity contribution in [2.24, 2.45) is 0 Å². The molecule has 0 rings (SSSR count). The van der Waals surface area contributed by atoms with Crippen LogP contribution in [0.2, 0.25) is 0 Å². The minimum absolute atomic E-state index is 0.00825. The highest BCUT2D eigenvalue weighted by molar-refractivity contribution is 6.17. The summed E-state index contributed by atoms with van der Waals surface area (Å²) in [6.07, 6.45) is 3.51. The first-order valence-electron chi connectivity index (χ1n) is 5.80. The molecule has 0 heterocycles. The second-order valence-corrected chi connectivity index (χ2v) is 3.97. The van der Waals surface area contributed by atoms with E-state index in [0.717, 1.165) is 19.4 Å². The fourth-order valence-corrected chi connectivity index (χ4v) is 1.26. The molecule has 0 aromatic carbocycles. The maximum absolute atomic E-state index is 11.2. The SMILES string of the molecule is CCCCNC(=O)CCNC(=O)CCCCl. The van der Waals surface area contributed by atoms with Gasteiger partial charge in [0.2, 0.25) is 11.8 Å². The highest BCUT2D eigenvalue weighted by atomic mass is 35.5. The molecule has 0 saturated heterocycles. The van der Waals surface area contributed by atoms with Crippen LogP contribution in [0.1, 0.15) is 39.0 Å². The quantitative estimate of drug-likeness (QED) is 0.479. The fourth-order valence-electron chi connectivity index (χ4n) is 1.12. The maximum atomic E-state index is 11.2. The van der Waals surface area contributed by atoms with Gasteiger partial charge in [0.1, 0.15) is 0 Å². The number of nitrogens with one attached hydrogen (secondary N) is 2. The Morgan fingerprint density at radius 2 is 1.62 bits per heavy atom. The minimum atomic E-state index is -0.0398. The lowest BCUT2D eigenvalue weighted by Crippen LogP contribution is -2.31. The van der Waals surface area contributed by atoms with Gasteiger partial charge in [0, 0.05) is 31.8 Å². The smallest absolute Gasteiger partial charge is 0.221 e. The normalized spacial score (nSPS) is 9.88. The Hall–Kier alpha value is -0.770. The monoisotopic (exact) mass is 248 g/mol. The molecule has 4 nitrogen and oxygen atoms in total. The van der Waals surface area contributed by atoms with Gasteiger partial charge in [-0.3, -0.25) is 9.59 Å². The predicted molar refractivity (Wildman–Crippen MR) is 65.5 cm³/mol. The molecule has 0 aliphatic heterocycles. The number of carbonyl (C=O) groups is 2. The molecule has 0 fully saturated rings. The number of hydrogen-bond donors (Lipinski definition) is 2. The Kier molecular flexibility index (Phi) is 10.2. The second-order valence-electron chi connectivity index (χ2n) is 3.60. The predicted octanol–water partition coefficient (Wildman–Crippen LogP) is 1.43. The standard InChI is InChI=1S/C11H21ClN2O2/c1-2-3-8-13-11(16)6-9-14-10(15)5-4-7-12/h2-9H2,1H3,(H,13,16)(H,14,15). The van der Waals surface area contributed by atoms with Crippen molar-refractivity contribution < 1.29 is 9.59 Å². The average Bonchev–Trinajstić information content (AvgIpc) is 2.26. The van der Waals surface area contributed by atoms with E-state index < -0.39 is 0 Å². The maximum Gasteiger partial charge on any atom is 0.221 e. The molecule has 2 amide bonds. The van der Waals surface area contributed by atoms with E-state index in [1.54, 1.807) is 0 Å². The summed E-state index contributed by atoms with van der Waals surface area (Å²) in [5.41, 5.74) is 0. The van der Waals surface area contributed by atoms with Crippen molar-refractivity contribution in [2.45, 2.75) is 39.0 Å². The van der Waals surface area contributed by atoms with E-state index in [-0.39, 0.29) is 11.8 Å². The third-order valence-corrected chi connectivity index (χ3v) is 2.33. The van der Waals surface area contributed by atoms with Gasteiger partial charge in [-0.1, -0.05) is 13.3 Å². The van der Waals surface area contributed by atoms with E-state index in [2.05, 4.69) is 17.6 Å². The topological polar surface area (TPSA) is 58.2 Å². The molecule has 0 aliphatic carbocycles. The molecule has 0 saturated carbocycles. The van der Waals surface area contributed by atoms with Gasteiger partial charge in [0.15, 0.2) is 0 Å². The zero-order chi connectivity index (χ0) is 12.2. The molecule has 0 atom stereocenters. The molecule has 0 spiro atoms. The lowest BCUT2D eigenvalue weighted by atomic mass is 10.3. The van der Waals surface area contributed by atoms with Gasteiger partial charge in [-0.2, -0.15) is 0 Å². The molecular weight excluding hydrogens is 228 g/mol. The molecule has 0 unspecified atom stereocenters. The molecule has 0 aromatic rings. The Morgan fingerprint density at radius 1 is 1.00 bits per heavy atom. The Morgan fingerprint density at radius 3 is 2.25 bits per heavy atom. The van der Waals surface area contributed by atoms with Crippen molar-refractivity contribution in [3.63, 3.8) is 0 Å². The summed E-state index contributed by atoms with van der Waals surface area (Å²) in [5, 5.41) is 5.47. The zero-order valence-corrected chi connectivity index (χ0v) is 10.6. The lowest BCUT2D eigenvalue weighted by molar-refractivity contribution is -0.122. The Balaban J connectivity index is 3.36. The molecular formula is C11H21ClN2O2. The van der Waals surface area contributed by atoms with Gasteiger partial charge < -0.3 is 10.6 Å². The molecule has 5 heteroatoms. The van der Waals surface area contributed by atoms with Crippen LogP contribution in [0.3, 0.4) is 0 Å². The van der Waals surface area contributed by atoms with Crippen molar-refractivity contribution in [1.82, 2.24) is 10.6 Å². The van der Waals surface area contributed by atoms with Crippen LogP contribution >= 0.6 is 11.6 Å². The molecule has 0 radical (unpaired) electrons. The summed E-state index contributed by atoms with van der Waals surface area (Å²) >= 11 is 5.46. The van der Waals surface area contributed by atoms with Crippen LogP contribution in [-0.4, -0.2) is 30.8 Å². The van der Waals surface area contributed by atoms with Crippen molar-refractivity contribution in [3.05, 3.63) is 0 Å². The van der Waals surface area contributed by atoms with Crippen LogP contribution in [0, 0.1) is 0 Å². The Labute approximate surface area is 102 Å². The number of carbonyl (C=O) groups excluding carboxylic acids is 2. The van der Waals surface area contributed by atoms with Crippen LogP contribution in [0.5, 0.6) is 0 Å². The van der Waals surface area contributed by atoms with Gasteiger partial charge in [-0.25, -0.2) is 0 Å². The number of alkyl halides is 1. The van der Waals surface area contributed by atoms with Gasteiger partial charge in [-0.15, -0.1) is 11.6 Å². The van der Waals surface area contributed by atoms with E-state index in [9.17, 15) is 9.59 Å². The second kappa shape index (κ2) is 10.7. The molecule has 0 aromatic heterocycles. The third kappa shape index (κ3) is 9.77. The average molecular weight is 249 g/mol. The van der Waals surface area contributed by atoms with E-state index in [4.69, 9.17) is 11.6 Å². The molecule has 16 heavy (non-hydrogen) atoms. The van der Waals surface area contributed by atoms with Crippen molar-refractivity contribution in [3.8, 4) is 0 Å². The molecule has 0 aliphatic rings. The highest BCUT2D eigenvalue weighted by Crippen LogP contribution is 1.91. The van der Waals surface area contributed by atoms with E-state index in [0.29, 0.717) is 31.7 Å². The number of hydrogen-bond acceptors (Lipinski definition) is 2. The Bertz CT molecular complexity index is 210. The van der Waals surface area contributed by atoms with Crippen LogP contribution in [0.4, 0.5) is 0 Å². The molecule has 2 N–H and O–H groups in total. The lowest BCUT2D eigenvalue weighted by Gasteiger charge is -2.05. The molecule has 94 valence electrons. The van der Waals surface area contributed by atoms with Crippen molar-refractivity contribution >= 4 is 23.4 Å². The van der Waals surface area contributed by atoms with Gasteiger partial charge in [0.25, 0.3) is 0 Å². The number of amides is 2. The first-order valence-corrected chi connectivity index (χ1v) is 6.33. The largest absolute Gasteiger partial charge is 0.356 e. The van der Waals surface area contributed by atoms with Crippen LogP contribution in [0.15, 0.2) is 0 Å². The van der Waals surface area contributed by atoms with Crippen molar-refractivity contribution in [1.29, 1.82) is 0 Å². The number of unbranched alkanes of at least 4 members (excludes halogenated alkanes) is 1. The number of rotatable bonds is 9. The van der Waals surface area contributed by atoms with Crippen LogP contribution in [0.25, 0.3) is 0 Å². The molecule has 0 bridgehead atoms. The van der Waals surface area contributed by atoms with Gasteiger partial charge >= 0.3 is 0 Å². The van der Waals surface area contributed by atoms with Crippen molar-refractivity contribution in [2.75, 3.05) is 19.0 Å². The van der Waals surface area contributed by atoms with Crippen LogP contribution in [-0.2, 0) is 9.59 Å². The van der Waals surface area contributed by atoms with Crippen LogP contribution < -0.4 is 10.6 Å². The summed E-state index contributed by atoms with van der Waals surface area (Å²) in [5.74, 6) is 0.443. The highest BCUT2D eigenvalue weighted by Gasteiger charge is 2.03. The zero-order valence-electron chi connectivity index (χ0n) is 9.85. The first kappa shape index (κ1) is 15.2. The summed E-state index contributed by atoms with van der Waals surface area (Å²) < 4.78 is 0. The first-order chi connectivity index (χ1) is 7.70. The third-order valence-electron chi connectivity index (χ3n) is 2.06. The van der Waals surface area contributed by atoms with E-state index in [1.807, 2.05) is 0 Å². The summed E-state index contributed by atoms with van der Waals surface area (Å²) in [6.45, 7) is 3.19. The summed E-state index contributed by atoms with van der Waals surface area (Å²) in [6, 6.07) is 0. The number of halogens is 1. The van der Waals surface area contributed by atoms with Gasteiger partial charge in [0.05, 0.1) is 0 Å². The summed E-state index contributed by atoms with van der Waals surface area (Å²) in [7, 11) is 0. The van der Waals surface area contributed by atoms with E-state index in [1.165, 1.54) is 0 Å². The summed E-state index contributed by atoms with van der Waals surface area (Å²) in [4.78, 5) is 22.4. The minimum Gasteiger partial charge on any atom is -0.356 e.